The Morgan fingerprint density at radius 1 is 0.810 bits per heavy atom. The number of unbranched alkanes of at least 4 members (excludes halogenated alkanes) is 10. The Kier molecular flexibility index (Phi) is 16.2. The zero-order valence-corrected chi connectivity index (χ0v) is 14.4. The predicted molar refractivity (Wildman–Crippen MR) is 89.6 cm³/mol. The molecule has 0 saturated heterocycles. The Hall–Kier alpha value is -0.120. The van der Waals surface area contributed by atoms with Crippen molar-refractivity contribution in [3.63, 3.8) is 0 Å². The first-order valence-electron chi connectivity index (χ1n) is 9.11. The number of ether oxygens (including phenoxy) is 1. The second kappa shape index (κ2) is 16.3. The van der Waals surface area contributed by atoms with Crippen LogP contribution in [0.1, 0.15) is 90.9 Å². The summed E-state index contributed by atoms with van der Waals surface area (Å²) in [4.78, 5) is 0. The number of hydrogen-bond acceptors (Lipinski definition) is 3. The second-order valence-electron chi connectivity index (χ2n) is 6.30. The summed E-state index contributed by atoms with van der Waals surface area (Å²) < 4.78 is 5.30. The number of rotatable bonds is 16. The van der Waals surface area contributed by atoms with Gasteiger partial charge in [-0.25, -0.2) is 0 Å². The third-order valence-corrected chi connectivity index (χ3v) is 3.97. The molecule has 0 saturated carbocycles. The lowest BCUT2D eigenvalue weighted by Gasteiger charge is -2.14. The first-order valence-corrected chi connectivity index (χ1v) is 9.11. The van der Waals surface area contributed by atoms with Crippen LogP contribution in [-0.2, 0) is 4.74 Å². The molecule has 0 bridgehead atoms. The molecule has 128 valence electrons. The van der Waals surface area contributed by atoms with E-state index in [0.29, 0.717) is 6.61 Å². The van der Waals surface area contributed by atoms with Crippen molar-refractivity contribution in [1.82, 2.24) is 0 Å². The van der Waals surface area contributed by atoms with Gasteiger partial charge in [-0.3, -0.25) is 0 Å². The van der Waals surface area contributed by atoms with Gasteiger partial charge in [-0.1, -0.05) is 77.6 Å². The van der Waals surface area contributed by atoms with Crippen molar-refractivity contribution in [3.8, 4) is 0 Å². The van der Waals surface area contributed by atoms with Crippen molar-refractivity contribution in [2.24, 2.45) is 0 Å². The maximum Gasteiger partial charge on any atom is 0.0779 e. The van der Waals surface area contributed by atoms with Gasteiger partial charge in [0.15, 0.2) is 0 Å². The van der Waals surface area contributed by atoms with Crippen LogP contribution in [0, 0.1) is 0 Å². The van der Waals surface area contributed by atoms with Crippen LogP contribution in [-0.4, -0.2) is 35.6 Å². The molecular weight excluding hydrogens is 264 g/mol. The maximum atomic E-state index is 9.73. The Labute approximate surface area is 132 Å². The zero-order chi connectivity index (χ0) is 15.8. The van der Waals surface area contributed by atoms with Crippen LogP contribution in [0.15, 0.2) is 0 Å². The van der Waals surface area contributed by atoms with Crippen molar-refractivity contribution in [3.05, 3.63) is 0 Å². The van der Waals surface area contributed by atoms with E-state index < -0.39 is 0 Å². The highest BCUT2D eigenvalue weighted by molar-refractivity contribution is 4.57. The van der Waals surface area contributed by atoms with E-state index in [1.165, 1.54) is 64.2 Å². The molecule has 2 atom stereocenters. The maximum absolute atomic E-state index is 9.73. The molecule has 0 heterocycles. The summed E-state index contributed by atoms with van der Waals surface area (Å²) in [6.45, 7) is 4.44. The molecule has 2 unspecified atom stereocenters. The lowest BCUT2D eigenvalue weighted by Crippen LogP contribution is -2.21. The van der Waals surface area contributed by atoms with Crippen LogP contribution < -0.4 is 0 Å². The van der Waals surface area contributed by atoms with Crippen molar-refractivity contribution in [2.45, 2.75) is 103 Å². The molecule has 0 spiro atoms. The quantitative estimate of drug-likeness (QED) is 0.414. The molecule has 3 heteroatoms. The highest BCUT2D eigenvalue weighted by atomic mass is 16.5. The molecule has 0 rings (SSSR count). The van der Waals surface area contributed by atoms with E-state index in [9.17, 15) is 5.11 Å². The molecule has 3 nitrogen and oxygen atoms in total. The van der Waals surface area contributed by atoms with E-state index in [-0.39, 0.29) is 18.8 Å². The molecule has 0 fully saturated rings. The summed E-state index contributed by atoms with van der Waals surface area (Å²) >= 11 is 0. The van der Waals surface area contributed by atoms with E-state index >= 15 is 0 Å². The van der Waals surface area contributed by atoms with Crippen LogP contribution in [0.4, 0.5) is 0 Å². The summed E-state index contributed by atoms with van der Waals surface area (Å²) in [7, 11) is 0. The lowest BCUT2D eigenvalue weighted by molar-refractivity contribution is -0.0259. The summed E-state index contributed by atoms with van der Waals surface area (Å²) in [5.41, 5.74) is 0. The number of aliphatic hydroxyl groups is 2. The van der Waals surface area contributed by atoms with Gasteiger partial charge in [0.25, 0.3) is 0 Å². The molecule has 0 radical (unpaired) electrons. The first kappa shape index (κ1) is 20.9. The standard InChI is InChI=1S/C18H38O3/c1-3-4-5-6-7-8-9-10-11-12-13-14-18(20)16-21-17(2)15-19/h17-20H,3-16H2,1-2H3. The van der Waals surface area contributed by atoms with Crippen LogP contribution in [0.2, 0.25) is 0 Å². The fourth-order valence-electron chi connectivity index (χ4n) is 2.46. The summed E-state index contributed by atoms with van der Waals surface area (Å²) in [5, 5.41) is 18.5. The Bertz CT molecular complexity index is 197. The fraction of sp³-hybridized carbons (Fsp3) is 1.00. The monoisotopic (exact) mass is 302 g/mol. The minimum atomic E-state index is -0.377. The Morgan fingerprint density at radius 2 is 1.29 bits per heavy atom. The summed E-state index contributed by atoms with van der Waals surface area (Å²) in [5.74, 6) is 0. The van der Waals surface area contributed by atoms with Crippen molar-refractivity contribution < 1.29 is 14.9 Å². The average Bonchev–Trinajstić information content (AvgIpc) is 2.50. The van der Waals surface area contributed by atoms with Gasteiger partial charge < -0.3 is 14.9 Å². The number of aliphatic hydroxyl groups excluding tert-OH is 2. The largest absolute Gasteiger partial charge is 0.394 e. The Balaban J connectivity index is 3.14. The van der Waals surface area contributed by atoms with E-state index in [2.05, 4.69) is 6.92 Å². The highest BCUT2D eigenvalue weighted by Gasteiger charge is 2.07. The summed E-state index contributed by atoms with van der Waals surface area (Å²) in [6, 6.07) is 0. The van der Waals surface area contributed by atoms with Gasteiger partial charge in [-0.15, -0.1) is 0 Å². The second-order valence-corrected chi connectivity index (χ2v) is 6.30. The van der Waals surface area contributed by atoms with Gasteiger partial charge in [-0.05, 0) is 13.3 Å². The van der Waals surface area contributed by atoms with Gasteiger partial charge >= 0.3 is 0 Å². The highest BCUT2D eigenvalue weighted by Crippen LogP contribution is 2.12. The van der Waals surface area contributed by atoms with Crippen LogP contribution in [0.25, 0.3) is 0 Å². The summed E-state index contributed by atoms with van der Waals surface area (Å²) in [6.07, 6.45) is 14.9. The predicted octanol–water partition coefficient (Wildman–Crippen LogP) is 4.45. The van der Waals surface area contributed by atoms with Gasteiger partial charge in [0, 0.05) is 0 Å². The molecule has 0 aliphatic heterocycles. The molecule has 0 amide bonds. The normalized spacial score (nSPS) is 14.3. The first-order chi connectivity index (χ1) is 10.2. The van der Waals surface area contributed by atoms with Gasteiger partial charge in [0.2, 0.25) is 0 Å². The zero-order valence-electron chi connectivity index (χ0n) is 14.4. The van der Waals surface area contributed by atoms with Gasteiger partial charge in [-0.2, -0.15) is 0 Å². The molecular formula is C18H38O3. The average molecular weight is 302 g/mol. The van der Waals surface area contributed by atoms with Crippen LogP contribution in [0.3, 0.4) is 0 Å². The van der Waals surface area contributed by atoms with E-state index in [1.54, 1.807) is 0 Å². The molecule has 21 heavy (non-hydrogen) atoms. The molecule has 0 aliphatic carbocycles. The van der Waals surface area contributed by atoms with Gasteiger partial charge in [0.1, 0.15) is 0 Å². The molecule has 2 N–H and O–H groups in total. The topological polar surface area (TPSA) is 49.7 Å². The minimum absolute atomic E-state index is 0.0190. The lowest BCUT2D eigenvalue weighted by atomic mass is 10.0. The Morgan fingerprint density at radius 3 is 1.76 bits per heavy atom. The van der Waals surface area contributed by atoms with Crippen molar-refractivity contribution in [2.75, 3.05) is 13.2 Å². The smallest absolute Gasteiger partial charge is 0.0779 e. The SMILES string of the molecule is CCCCCCCCCCCCCC(O)COC(C)CO. The molecule has 0 aromatic carbocycles. The van der Waals surface area contributed by atoms with Crippen LogP contribution >= 0.6 is 0 Å². The van der Waals surface area contributed by atoms with E-state index in [0.717, 1.165) is 12.8 Å². The van der Waals surface area contributed by atoms with E-state index in [4.69, 9.17) is 9.84 Å². The number of hydrogen-bond donors (Lipinski definition) is 2. The van der Waals surface area contributed by atoms with Gasteiger partial charge in [0.05, 0.1) is 25.4 Å². The molecule has 0 aromatic heterocycles. The van der Waals surface area contributed by atoms with Crippen molar-refractivity contribution in [1.29, 1.82) is 0 Å². The van der Waals surface area contributed by atoms with Crippen LogP contribution in [0.5, 0.6) is 0 Å². The fourth-order valence-corrected chi connectivity index (χ4v) is 2.46. The third-order valence-electron chi connectivity index (χ3n) is 3.97. The molecule has 0 aliphatic rings. The van der Waals surface area contributed by atoms with Crippen molar-refractivity contribution >= 4 is 0 Å². The molecule has 0 aromatic rings. The third kappa shape index (κ3) is 16.1. The minimum Gasteiger partial charge on any atom is -0.394 e. The van der Waals surface area contributed by atoms with E-state index in [1.807, 2.05) is 6.92 Å².